The van der Waals surface area contributed by atoms with Gasteiger partial charge in [0.05, 0.1) is 12.2 Å². The molecule has 0 aromatic carbocycles. The zero-order chi connectivity index (χ0) is 28.5. The lowest BCUT2D eigenvalue weighted by Gasteiger charge is -2.31. The number of hydrogen-bond acceptors (Lipinski definition) is 10. The Morgan fingerprint density at radius 1 is 0.784 bits per heavy atom. The molecule has 0 amide bonds. The molecule has 3 unspecified atom stereocenters. The van der Waals surface area contributed by atoms with E-state index in [-0.39, 0.29) is 12.2 Å². The second-order valence-corrected chi connectivity index (χ2v) is 8.46. The highest BCUT2D eigenvalue weighted by Gasteiger charge is 2.26. The van der Waals surface area contributed by atoms with Crippen LogP contribution in [0.1, 0.15) is 73.6 Å². The van der Waals surface area contributed by atoms with Gasteiger partial charge in [0.1, 0.15) is 5.76 Å². The predicted molar refractivity (Wildman–Crippen MR) is 136 cm³/mol. The third-order valence-electron chi connectivity index (χ3n) is 4.78. The minimum absolute atomic E-state index is 0.0195. The molecule has 0 radical (unpaired) electrons. The number of carbonyl (C=O) groups is 3. The summed E-state index contributed by atoms with van der Waals surface area (Å²) in [5, 5.41) is 0. The molecule has 0 bridgehead atoms. The molecule has 0 aromatic heterocycles. The third-order valence-corrected chi connectivity index (χ3v) is 4.78. The topological polar surface area (TPSA) is 116 Å². The smallest absolute Gasteiger partial charge is 0.335 e. The average Bonchev–Trinajstić information content (AvgIpc) is 2.83. The van der Waals surface area contributed by atoms with Gasteiger partial charge in [0.25, 0.3) is 0 Å². The van der Waals surface area contributed by atoms with E-state index in [1.54, 1.807) is 27.7 Å². The van der Waals surface area contributed by atoms with Gasteiger partial charge in [0, 0.05) is 30.6 Å². The van der Waals surface area contributed by atoms with Gasteiger partial charge in [0.15, 0.2) is 0 Å². The van der Waals surface area contributed by atoms with Gasteiger partial charge >= 0.3 is 17.9 Å². The molecular formula is C27H42O10. The van der Waals surface area contributed by atoms with Gasteiger partial charge in [-0.2, -0.15) is 0 Å². The van der Waals surface area contributed by atoms with Crippen LogP contribution in [0.2, 0.25) is 0 Å². The first-order valence-electron chi connectivity index (χ1n) is 12.2. The number of ether oxygens (including phenoxy) is 5. The summed E-state index contributed by atoms with van der Waals surface area (Å²) < 4.78 is 26.3. The van der Waals surface area contributed by atoms with Crippen molar-refractivity contribution in [2.24, 2.45) is 0 Å². The molecule has 0 aromatic rings. The van der Waals surface area contributed by atoms with E-state index in [0.29, 0.717) is 23.3 Å². The first-order valence-corrected chi connectivity index (χ1v) is 12.2. The molecule has 10 nitrogen and oxygen atoms in total. The maximum Gasteiger partial charge on any atom is 0.335 e. The van der Waals surface area contributed by atoms with Crippen molar-refractivity contribution in [1.82, 2.24) is 0 Å². The lowest BCUT2D eigenvalue weighted by molar-refractivity contribution is -0.341. The maximum absolute atomic E-state index is 11.4. The van der Waals surface area contributed by atoms with Crippen LogP contribution in [0.25, 0.3) is 0 Å². The molecule has 0 heterocycles. The highest BCUT2D eigenvalue weighted by atomic mass is 17.2. The van der Waals surface area contributed by atoms with E-state index < -0.39 is 36.8 Å². The first-order chi connectivity index (χ1) is 17.3. The maximum atomic E-state index is 11.4. The van der Waals surface area contributed by atoms with Gasteiger partial charge in [-0.25, -0.2) is 14.4 Å². The van der Waals surface area contributed by atoms with Gasteiger partial charge in [-0.3, -0.25) is 0 Å². The average molecular weight is 527 g/mol. The monoisotopic (exact) mass is 526 g/mol. The summed E-state index contributed by atoms with van der Waals surface area (Å²) in [5.74, 6) is -0.986. The largest absolute Gasteiger partial charge is 0.433 e. The highest BCUT2D eigenvalue weighted by molar-refractivity contribution is 5.87. The quantitative estimate of drug-likeness (QED) is 0.0569. The van der Waals surface area contributed by atoms with Crippen molar-refractivity contribution < 1.29 is 47.8 Å². The highest BCUT2D eigenvalue weighted by Crippen LogP contribution is 2.26. The van der Waals surface area contributed by atoms with Crippen molar-refractivity contribution in [2.45, 2.75) is 105 Å². The Morgan fingerprint density at radius 3 is 1.51 bits per heavy atom. The molecule has 0 spiro atoms. The van der Waals surface area contributed by atoms with Crippen molar-refractivity contribution in [3.05, 3.63) is 49.3 Å². The van der Waals surface area contributed by atoms with Gasteiger partial charge in [0.2, 0.25) is 18.9 Å². The molecule has 3 atom stereocenters. The summed E-state index contributed by atoms with van der Waals surface area (Å²) in [6.45, 7) is 23.8. The lowest BCUT2D eigenvalue weighted by atomic mass is 9.95. The molecular weight excluding hydrogens is 484 g/mol. The second-order valence-electron chi connectivity index (χ2n) is 8.46. The summed E-state index contributed by atoms with van der Waals surface area (Å²) in [6.07, 6.45) is 2.92. The van der Waals surface area contributed by atoms with E-state index in [1.165, 1.54) is 6.92 Å². The first kappa shape index (κ1) is 34.0. The Bertz CT molecular complexity index is 751. The van der Waals surface area contributed by atoms with E-state index in [9.17, 15) is 14.4 Å². The zero-order valence-corrected chi connectivity index (χ0v) is 22.9. The molecule has 10 heteroatoms. The zero-order valence-electron chi connectivity index (χ0n) is 22.9. The number of carbonyl (C=O) groups excluding carboxylic acids is 3. The van der Waals surface area contributed by atoms with Crippen LogP contribution in [0.4, 0.5) is 0 Å². The van der Waals surface area contributed by atoms with Crippen molar-refractivity contribution in [1.29, 1.82) is 0 Å². The number of hydrogen-bond donors (Lipinski definition) is 0. The Labute approximate surface area is 220 Å². The fourth-order valence-electron chi connectivity index (χ4n) is 2.83. The van der Waals surface area contributed by atoms with Crippen LogP contribution in [0.15, 0.2) is 49.3 Å². The Hall–Kier alpha value is -2.95. The summed E-state index contributed by atoms with van der Waals surface area (Å²) in [4.78, 5) is 42.9. The number of esters is 3. The van der Waals surface area contributed by atoms with Crippen LogP contribution in [0, 0.1) is 0 Å². The Kier molecular flexibility index (Phi) is 16.9. The molecule has 1 saturated carbocycles. The SMILES string of the molecule is C=C(C)C(=O)OC(C)OC1CCC(OC(C)OC(=O)C(=C)C)CC1.C=CC(=O)OC(C)OOC(=C)CC. The molecule has 1 aliphatic rings. The van der Waals surface area contributed by atoms with Crippen LogP contribution in [0.5, 0.6) is 0 Å². The molecule has 1 rings (SSSR count). The van der Waals surface area contributed by atoms with E-state index in [4.69, 9.17) is 23.8 Å². The normalized spacial score (nSPS) is 19.0. The van der Waals surface area contributed by atoms with E-state index in [0.717, 1.165) is 31.8 Å². The van der Waals surface area contributed by atoms with E-state index >= 15 is 0 Å². The molecule has 0 aliphatic heterocycles. The fourth-order valence-corrected chi connectivity index (χ4v) is 2.83. The van der Waals surface area contributed by atoms with E-state index in [2.05, 4.69) is 35.9 Å². The summed E-state index contributed by atoms with van der Waals surface area (Å²) in [6, 6.07) is 0. The van der Waals surface area contributed by atoms with Crippen molar-refractivity contribution in [3.8, 4) is 0 Å². The van der Waals surface area contributed by atoms with Crippen LogP contribution in [-0.2, 0) is 47.8 Å². The Balaban J connectivity index is 0.000000845. The molecule has 0 N–H and O–H groups in total. The minimum atomic E-state index is -0.770. The summed E-state index contributed by atoms with van der Waals surface area (Å²) in [7, 11) is 0. The number of allylic oxidation sites excluding steroid dienone is 1. The van der Waals surface area contributed by atoms with Gasteiger partial charge in [-0.15, -0.1) is 4.89 Å². The molecule has 1 aliphatic carbocycles. The lowest BCUT2D eigenvalue weighted by Crippen LogP contribution is -2.33. The summed E-state index contributed by atoms with van der Waals surface area (Å²) >= 11 is 0. The van der Waals surface area contributed by atoms with Gasteiger partial charge in [-0.05, 0) is 53.4 Å². The molecule has 0 saturated heterocycles. The predicted octanol–water partition coefficient (Wildman–Crippen LogP) is 5.19. The minimum Gasteiger partial charge on any atom is -0.433 e. The molecule has 1 fully saturated rings. The summed E-state index contributed by atoms with van der Waals surface area (Å²) in [5.41, 5.74) is 0.696. The van der Waals surface area contributed by atoms with Crippen molar-refractivity contribution >= 4 is 17.9 Å². The third kappa shape index (κ3) is 16.4. The van der Waals surface area contributed by atoms with E-state index in [1.807, 2.05) is 6.92 Å². The van der Waals surface area contributed by atoms with Crippen molar-refractivity contribution in [2.75, 3.05) is 0 Å². The molecule has 37 heavy (non-hydrogen) atoms. The standard InChI is InChI=1S/C18H28O6.C9H14O4/c1-11(2)17(19)23-13(5)21-15-7-9-16(10-8-15)22-14(6)24-18(20)12(3)4;1-5-7(3)12-13-8(4)11-9(10)6-2/h13-16H,1,3,7-10H2,2,4-6H3;6,8H,2-3,5H2,1,4H3. The van der Waals surface area contributed by atoms with Gasteiger partial charge in [-0.1, -0.05) is 33.2 Å². The fraction of sp³-hybridized carbons (Fsp3) is 0.593. The van der Waals surface area contributed by atoms with Crippen LogP contribution in [0.3, 0.4) is 0 Å². The van der Waals surface area contributed by atoms with Crippen LogP contribution >= 0.6 is 0 Å². The van der Waals surface area contributed by atoms with Gasteiger partial charge < -0.3 is 28.6 Å². The number of rotatable bonds is 14. The van der Waals surface area contributed by atoms with Crippen molar-refractivity contribution in [3.63, 3.8) is 0 Å². The molecule has 210 valence electrons. The van der Waals surface area contributed by atoms with Crippen LogP contribution < -0.4 is 0 Å². The Morgan fingerprint density at radius 2 is 1.19 bits per heavy atom. The second kappa shape index (κ2) is 18.3. The van der Waals surface area contributed by atoms with Crippen LogP contribution in [-0.4, -0.2) is 49.0 Å².